The number of amides is 1. The van der Waals surface area contributed by atoms with E-state index >= 15 is 0 Å². The van der Waals surface area contributed by atoms with Crippen molar-refractivity contribution in [2.45, 2.75) is 48.5 Å². The number of rotatable bonds is 0. The maximum atomic E-state index is 13.1. The summed E-state index contributed by atoms with van der Waals surface area (Å²) in [6.07, 6.45) is 10.6. The van der Waals surface area contributed by atoms with Crippen molar-refractivity contribution in [2.24, 2.45) is 0 Å². The van der Waals surface area contributed by atoms with Crippen molar-refractivity contribution >= 4 is 41.0 Å². The summed E-state index contributed by atoms with van der Waals surface area (Å²) in [4.78, 5) is 13.1. The van der Waals surface area contributed by atoms with Gasteiger partial charge in [-0.15, -0.1) is 23.5 Å². The number of nitrogens with one attached hydrogen (secondary N) is 1. The highest BCUT2D eigenvalue weighted by atomic mass is 35.5. The van der Waals surface area contributed by atoms with Crippen molar-refractivity contribution in [3.8, 4) is 11.5 Å². The number of phenolic OH excluding ortho intramolecular Hbond substituents is 2. The molecule has 156 valence electrons. The fourth-order valence-electron chi connectivity index (χ4n) is 3.79. The second-order valence-corrected chi connectivity index (χ2v) is 11.1. The lowest BCUT2D eigenvalue weighted by Crippen LogP contribution is -2.35. The molecule has 3 unspecified atom stereocenters. The van der Waals surface area contributed by atoms with Crippen LogP contribution in [-0.2, 0) is 11.2 Å². The Morgan fingerprint density at radius 3 is 2.76 bits per heavy atom. The number of hydrogen-bond acceptors (Lipinski definition) is 6. The summed E-state index contributed by atoms with van der Waals surface area (Å²) in [5.41, 5.74) is 0.613. The van der Waals surface area contributed by atoms with Crippen molar-refractivity contribution in [2.75, 3.05) is 11.5 Å². The lowest BCUT2D eigenvalue weighted by Gasteiger charge is -2.34. The molecule has 3 N–H and O–H groups in total. The highest BCUT2D eigenvalue weighted by Gasteiger charge is 2.39. The summed E-state index contributed by atoms with van der Waals surface area (Å²) in [6.45, 7) is 1.92. The van der Waals surface area contributed by atoms with Crippen LogP contribution >= 0.6 is 35.1 Å². The van der Waals surface area contributed by atoms with E-state index in [1.807, 2.05) is 25.2 Å². The molecule has 3 atom stereocenters. The van der Waals surface area contributed by atoms with Crippen molar-refractivity contribution in [3.63, 3.8) is 0 Å². The number of fused-ring (bicyclic) bond motifs is 2. The maximum Gasteiger partial charge on any atom is 0.255 e. The number of allylic oxidation sites excluding steroid dienone is 2. The Kier molecular flexibility index (Phi) is 6.11. The fourth-order valence-corrected chi connectivity index (χ4v) is 7.13. The van der Waals surface area contributed by atoms with E-state index in [2.05, 4.69) is 11.4 Å². The largest absolute Gasteiger partial charge is 0.507 e. The van der Waals surface area contributed by atoms with Gasteiger partial charge in [-0.1, -0.05) is 35.9 Å². The molecular weight excluding hydrogens is 430 g/mol. The first-order chi connectivity index (χ1) is 13.9. The monoisotopic (exact) mass is 453 g/mol. The van der Waals surface area contributed by atoms with Crippen molar-refractivity contribution < 1.29 is 19.7 Å². The summed E-state index contributed by atoms with van der Waals surface area (Å²) in [5.74, 6) is 1.13. The minimum absolute atomic E-state index is 0.0802. The Bertz CT molecular complexity index is 867. The third-order valence-corrected chi connectivity index (χ3v) is 8.95. The number of benzene rings is 1. The predicted octanol–water partition coefficient (Wildman–Crippen LogP) is 4.26. The summed E-state index contributed by atoms with van der Waals surface area (Å²) in [7, 11) is 0. The third kappa shape index (κ3) is 4.58. The average molecular weight is 454 g/mol. The van der Waals surface area contributed by atoms with Crippen molar-refractivity contribution in [1.82, 2.24) is 5.32 Å². The number of epoxide rings is 1. The third-order valence-electron chi connectivity index (χ3n) is 5.30. The normalized spacial score (nSPS) is 31.1. The zero-order valence-corrected chi connectivity index (χ0v) is 18.4. The van der Waals surface area contributed by atoms with Crippen LogP contribution in [0.1, 0.15) is 35.7 Å². The molecule has 0 aliphatic carbocycles. The molecule has 3 heterocycles. The average Bonchev–Trinajstić information content (AvgIpc) is 3.40. The van der Waals surface area contributed by atoms with Crippen LogP contribution in [0.4, 0.5) is 0 Å². The second kappa shape index (κ2) is 8.46. The molecular formula is C21H24ClNO4S2. The second-order valence-electron chi connectivity index (χ2n) is 7.61. The number of carbonyl (C=O) groups excluding carboxylic acids is 1. The zero-order chi connectivity index (χ0) is 20.6. The van der Waals surface area contributed by atoms with E-state index in [0.29, 0.717) is 18.4 Å². The maximum absolute atomic E-state index is 13.1. The molecule has 29 heavy (non-hydrogen) atoms. The van der Waals surface area contributed by atoms with Gasteiger partial charge in [0.25, 0.3) is 5.91 Å². The van der Waals surface area contributed by atoms with Gasteiger partial charge < -0.3 is 20.3 Å². The number of phenols is 2. The summed E-state index contributed by atoms with van der Waals surface area (Å²) in [5, 5.41) is 23.8. The molecule has 8 heteroatoms. The van der Waals surface area contributed by atoms with Gasteiger partial charge in [0.1, 0.15) is 17.6 Å². The first kappa shape index (κ1) is 21.0. The minimum atomic E-state index is -0.387. The molecule has 3 aliphatic rings. The van der Waals surface area contributed by atoms with Gasteiger partial charge in [-0.05, 0) is 36.8 Å². The number of aromatic hydroxyl groups is 2. The summed E-state index contributed by atoms with van der Waals surface area (Å²) >= 11 is 10.1. The van der Waals surface area contributed by atoms with Crippen LogP contribution in [0, 0.1) is 0 Å². The quantitative estimate of drug-likeness (QED) is 0.509. The molecule has 0 saturated carbocycles. The van der Waals surface area contributed by atoms with Crippen molar-refractivity contribution in [3.05, 3.63) is 46.5 Å². The van der Waals surface area contributed by atoms with Crippen LogP contribution in [0.2, 0.25) is 5.02 Å². The zero-order valence-electron chi connectivity index (χ0n) is 16.1. The molecule has 3 aliphatic heterocycles. The highest BCUT2D eigenvalue weighted by Crippen LogP contribution is 2.49. The molecule has 1 aromatic rings. The van der Waals surface area contributed by atoms with Crippen LogP contribution in [-0.4, -0.2) is 50.0 Å². The van der Waals surface area contributed by atoms with Crippen LogP contribution in [0.25, 0.3) is 0 Å². The Balaban J connectivity index is 1.79. The number of halogens is 1. The SMILES string of the molecule is CC1CC2OC2/C=C/C=C/C2(Cc3c(Cl)c(O)cc(O)c3C(=O)N1)SCCCS2. The first-order valence-electron chi connectivity index (χ1n) is 9.72. The highest BCUT2D eigenvalue weighted by molar-refractivity contribution is 8.19. The van der Waals surface area contributed by atoms with Crippen LogP contribution in [0.3, 0.4) is 0 Å². The Morgan fingerprint density at radius 2 is 2.00 bits per heavy atom. The molecule has 1 spiro atoms. The number of hydrogen-bond donors (Lipinski definition) is 3. The van der Waals surface area contributed by atoms with Gasteiger partial charge in [0.15, 0.2) is 0 Å². The van der Waals surface area contributed by atoms with E-state index < -0.39 is 0 Å². The topological polar surface area (TPSA) is 82.1 Å². The smallest absolute Gasteiger partial charge is 0.255 e. The van der Waals surface area contributed by atoms with Gasteiger partial charge >= 0.3 is 0 Å². The Morgan fingerprint density at radius 1 is 1.24 bits per heavy atom. The number of ether oxygens (including phenoxy) is 1. The van der Waals surface area contributed by atoms with E-state index in [0.717, 1.165) is 24.0 Å². The number of carbonyl (C=O) groups is 1. The van der Waals surface area contributed by atoms with E-state index in [1.165, 1.54) is 0 Å². The molecule has 2 saturated heterocycles. The molecule has 0 bridgehead atoms. The summed E-state index contributed by atoms with van der Waals surface area (Å²) < 4.78 is 5.35. The fraction of sp³-hybridized carbons (Fsp3) is 0.476. The number of thioether (sulfide) groups is 2. The van der Waals surface area contributed by atoms with Crippen LogP contribution < -0.4 is 5.32 Å². The van der Waals surface area contributed by atoms with E-state index in [9.17, 15) is 15.0 Å². The van der Waals surface area contributed by atoms with Crippen molar-refractivity contribution in [1.29, 1.82) is 0 Å². The lowest BCUT2D eigenvalue weighted by atomic mass is 9.98. The predicted molar refractivity (Wildman–Crippen MR) is 119 cm³/mol. The van der Waals surface area contributed by atoms with Gasteiger partial charge in [0, 0.05) is 18.5 Å². The molecule has 1 aromatic carbocycles. The van der Waals surface area contributed by atoms with Gasteiger partial charge in [0.2, 0.25) is 0 Å². The molecule has 5 nitrogen and oxygen atoms in total. The lowest BCUT2D eigenvalue weighted by molar-refractivity contribution is 0.0933. The summed E-state index contributed by atoms with van der Waals surface area (Å²) in [6, 6.07) is 1.01. The van der Waals surface area contributed by atoms with Crippen LogP contribution in [0.5, 0.6) is 11.5 Å². The minimum Gasteiger partial charge on any atom is -0.507 e. The van der Waals surface area contributed by atoms with E-state index in [1.54, 1.807) is 23.5 Å². The standard InChI is InChI=1S/C21H24ClNO4S2/c1-12-9-17-16(27-17)5-2-3-6-21(28-7-4-8-29-21)11-13-18(20(26)23-12)14(24)10-15(25)19(13)22/h2-3,5-6,10,12,16-17,24-25H,4,7-9,11H2,1H3,(H,23,26)/b5-2+,6-3+. The van der Waals surface area contributed by atoms with Gasteiger partial charge in [-0.2, -0.15) is 0 Å². The van der Waals surface area contributed by atoms with E-state index in [4.69, 9.17) is 16.3 Å². The van der Waals surface area contributed by atoms with Gasteiger partial charge in [-0.25, -0.2) is 0 Å². The first-order valence-corrected chi connectivity index (χ1v) is 12.1. The molecule has 4 rings (SSSR count). The van der Waals surface area contributed by atoms with Gasteiger partial charge in [0.05, 0.1) is 20.8 Å². The molecule has 2 fully saturated rings. The Labute approximate surface area is 183 Å². The Hall–Kier alpha value is -1.28. The molecule has 0 aromatic heterocycles. The molecule has 1 amide bonds. The van der Waals surface area contributed by atoms with Crippen LogP contribution in [0.15, 0.2) is 30.4 Å². The van der Waals surface area contributed by atoms with E-state index in [-0.39, 0.29) is 50.3 Å². The van der Waals surface area contributed by atoms with Gasteiger partial charge in [-0.3, -0.25) is 4.79 Å². The molecule has 0 radical (unpaired) electrons.